The molecule has 6 nitrogen and oxygen atoms in total. The van der Waals surface area contributed by atoms with Gasteiger partial charge in [0.2, 0.25) is 11.8 Å². The first-order chi connectivity index (χ1) is 13.4. The summed E-state index contributed by atoms with van der Waals surface area (Å²) >= 11 is 0. The van der Waals surface area contributed by atoms with Crippen LogP contribution in [0, 0.1) is 11.8 Å². The summed E-state index contributed by atoms with van der Waals surface area (Å²) in [5.41, 5.74) is 2.06. The van der Waals surface area contributed by atoms with Gasteiger partial charge in [-0.2, -0.15) is 0 Å². The molecule has 1 aromatic carbocycles. The Morgan fingerprint density at radius 2 is 1.86 bits per heavy atom. The highest BCUT2D eigenvalue weighted by molar-refractivity contribution is 6.00. The molecule has 2 aliphatic rings. The molecule has 2 fully saturated rings. The lowest BCUT2D eigenvalue weighted by molar-refractivity contribution is -0.152. The van der Waals surface area contributed by atoms with Gasteiger partial charge in [-0.05, 0) is 43.4 Å². The van der Waals surface area contributed by atoms with Crippen LogP contribution in [-0.2, 0) is 19.1 Å². The summed E-state index contributed by atoms with van der Waals surface area (Å²) in [7, 11) is 0. The fraction of sp³-hybridized carbons (Fsp3) is 0.591. The van der Waals surface area contributed by atoms with E-state index in [1.807, 2.05) is 24.3 Å². The molecule has 6 heteroatoms. The van der Waals surface area contributed by atoms with Gasteiger partial charge in [-0.1, -0.05) is 26.0 Å². The first kappa shape index (κ1) is 20.4. The number of amides is 2. The Kier molecular flexibility index (Phi) is 6.37. The van der Waals surface area contributed by atoms with Crippen molar-refractivity contribution < 1.29 is 19.1 Å². The molecule has 152 valence electrons. The molecule has 2 heterocycles. The zero-order valence-electron chi connectivity index (χ0n) is 17.0. The molecule has 1 aromatic rings. The number of ether oxygens (including phenoxy) is 1. The number of anilines is 1. The fourth-order valence-electron chi connectivity index (χ4n) is 4.05. The van der Waals surface area contributed by atoms with Gasteiger partial charge in [-0.3, -0.25) is 14.4 Å². The Balaban J connectivity index is 1.64. The second kappa shape index (κ2) is 8.76. The molecular formula is C22H30N2O4. The van der Waals surface area contributed by atoms with Gasteiger partial charge in [0.15, 0.2) is 0 Å². The van der Waals surface area contributed by atoms with Crippen LogP contribution in [0.2, 0.25) is 0 Å². The van der Waals surface area contributed by atoms with Gasteiger partial charge in [0.1, 0.15) is 0 Å². The molecule has 2 amide bonds. The van der Waals surface area contributed by atoms with Crippen molar-refractivity contribution in [1.82, 2.24) is 4.90 Å². The highest BCUT2D eigenvalue weighted by atomic mass is 16.5. The zero-order valence-corrected chi connectivity index (χ0v) is 17.0. The summed E-state index contributed by atoms with van der Waals surface area (Å²) in [6, 6.07) is 7.99. The van der Waals surface area contributed by atoms with Gasteiger partial charge in [-0.15, -0.1) is 0 Å². The molecule has 2 saturated heterocycles. The standard InChI is InChI=1S/C22H30N2O4/c1-4-28-22(27)17-6-5-11-23(13-17)21(26)18-12-20(25)24(14-18)19-9-7-16(8-10-19)15(2)3/h7-10,15,17-18H,4-6,11-14H2,1-3H3. The summed E-state index contributed by atoms with van der Waals surface area (Å²) in [6.07, 6.45) is 1.77. The number of hydrogen-bond acceptors (Lipinski definition) is 4. The van der Waals surface area contributed by atoms with Gasteiger partial charge < -0.3 is 14.5 Å². The second-order valence-electron chi connectivity index (χ2n) is 8.03. The molecule has 0 aliphatic carbocycles. The van der Waals surface area contributed by atoms with Crippen LogP contribution in [-0.4, -0.2) is 48.9 Å². The van der Waals surface area contributed by atoms with E-state index in [9.17, 15) is 14.4 Å². The Bertz CT molecular complexity index is 729. The number of esters is 1. The van der Waals surface area contributed by atoms with E-state index >= 15 is 0 Å². The molecule has 0 saturated carbocycles. The van der Waals surface area contributed by atoms with Crippen LogP contribution in [0.15, 0.2) is 24.3 Å². The zero-order chi connectivity index (χ0) is 20.3. The van der Waals surface area contributed by atoms with Crippen LogP contribution in [0.3, 0.4) is 0 Å². The number of carbonyl (C=O) groups excluding carboxylic acids is 3. The number of likely N-dealkylation sites (tertiary alicyclic amines) is 1. The van der Waals surface area contributed by atoms with Crippen molar-refractivity contribution in [3.05, 3.63) is 29.8 Å². The topological polar surface area (TPSA) is 66.9 Å². The minimum absolute atomic E-state index is 0.0189. The Hall–Kier alpha value is -2.37. The predicted octanol–water partition coefficient (Wildman–Crippen LogP) is 2.96. The lowest BCUT2D eigenvalue weighted by atomic mass is 9.96. The third kappa shape index (κ3) is 4.37. The van der Waals surface area contributed by atoms with Gasteiger partial charge in [0.05, 0.1) is 18.4 Å². The number of rotatable bonds is 5. The van der Waals surface area contributed by atoms with Crippen molar-refractivity contribution in [2.24, 2.45) is 11.8 Å². The van der Waals surface area contributed by atoms with Crippen LogP contribution in [0.25, 0.3) is 0 Å². The van der Waals surface area contributed by atoms with Gasteiger partial charge in [-0.25, -0.2) is 0 Å². The summed E-state index contributed by atoms with van der Waals surface area (Å²) in [6.45, 7) is 7.84. The largest absolute Gasteiger partial charge is 0.466 e. The average Bonchev–Trinajstić information content (AvgIpc) is 3.09. The molecule has 2 unspecified atom stereocenters. The lowest BCUT2D eigenvalue weighted by Crippen LogP contribution is -2.45. The third-order valence-electron chi connectivity index (χ3n) is 5.70. The molecule has 0 radical (unpaired) electrons. The normalized spacial score (nSPS) is 22.6. The molecule has 0 N–H and O–H groups in total. The van der Waals surface area contributed by atoms with Crippen LogP contribution in [0.1, 0.15) is 51.5 Å². The van der Waals surface area contributed by atoms with Crippen LogP contribution in [0.4, 0.5) is 5.69 Å². The number of hydrogen-bond donors (Lipinski definition) is 0. The van der Waals surface area contributed by atoms with E-state index in [1.165, 1.54) is 5.56 Å². The molecule has 0 bridgehead atoms. The lowest BCUT2D eigenvalue weighted by Gasteiger charge is -2.33. The van der Waals surface area contributed by atoms with Crippen LogP contribution in [0.5, 0.6) is 0 Å². The van der Waals surface area contributed by atoms with Crippen molar-refractivity contribution >= 4 is 23.5 Å². The molecule has 0 spiro atoms. The van der Waals surface area contributed by atoms with Crippen molar-refractivity contribution in [2.45, 2.75) is 46.0 Å². The Morgan fingerprint density at radius 3 is 2.50 bits per heavy atom. The first-order valence-corrected chi connectivity index (χ1v) is 10.3. The quantitative estimate of drug-likeness (QED) is 0.730. The van der Waals surface area contributed by atoms with E-state index in [2.05, 4.69) is 13.8 Å². The van der Waals surface area contributed by atoms with E-state index in [-0.39, 0.29) is 36.0 Å². The van der Waals surface area contributed by atoms with E-state index in [0.29, 0.717) is 32.2 Å². The summed E-state index contributed by atoms with van der Waals surface area (Å²) in [4.78, 5) is 41.0. The molecule has 2 aliphatic heterocycles. The first-order valence-electron chi connectivity index (χ1n) is 10.3. The van der Waals surface area contributed by atoms with Crippen LogP contribution >= 0.6 is 0 Å². The van der Waals surface area contributed by atoms with E-state index in [0.717, 1.165) is 18.5 Å². The maximum atomic E-state index is 13.0. The maximum absolute atomic E-state index is 13.0. The molecular weight excluding hydrogens is 356 g/mol. The minimum atomic E-state index is -0.349. The van der Waals surface area contributed by atoms with Crippen LogP contribution < -0.4 is 4.90 Å². The van der Waals surface area contributed by atoms with E-state index in [4.69, 9.17) is 4.74 Å². The fourth-order valence-corrected chi connectivity index (χ4v) is 4.05. The monoisotopic (exact) mass is 386 g/mol. The Labute approximate surface area is 166 Å². The number of carbonyl (C=O) groups is 3. The van der Waals surface area contributed by atoms with E-state index in [1.54, 1.807) is 16.7 Å². The maximum Gasteiger partial charge on any atom is 0.310 e. The van der Waals surface area contributed by atoms with Crippen molar-refractivity contribution in [1.29, 1.82) is 0 Å². The van der Waals surface area contributed by atoms with E-state index < -0.39 is 0 Å². The SMILES string of the molecule is CCOC(=O)C1CCCN(C(=O)C2CC(=O)N(c3ccc(C(C)C)cc3)C2)C1. The highest BCUT2D eigenvalue weighted by Crippen LogP contribution is 2.29. The predicted molar refractivity (Wildman–Crippen MR) is 107 cm³/mol. The number of benzene rings is 1. The summed E-state index contributed by atoms with van der Waals surface area (Å²) in [5.74, 6) is -0.440. The van der Waals surface area contributed by atoms with Gasteiger partial charge in [0, 0.05) is 31.7 Å². The van der Waals surface area contributed by atoms with Crippen molar-refractivity contribution in [3.8, 4) is 0 Å². The minimum Gasteiger partial charge on any atom is -0.466 e. The number of nitrogens with zero attached hydrogens (tertiary/aromatic N) is 2. The number of piperidine rings is 1. The van der Waals surface area contributed by atoms with Gasteiger partial charge >= 0.3 is 5.97 Å². The van der Waals surface area contributed by atoms with Crippen molar-refractivity contribution in [2.75, 3.05) is 31.1 Å². The summed E-state index contributed by atoms with van der Waals surface area (Å²) in [5, 5.41) is 0. The Morgan fingerprint density at radius 1 is 1.14 bits per heavy atom. The summed E-state index contributed by atoms with van der Waals surface area (Å²) < 4.78 is 5.11. The smallest absolute Gasteiger partial charge is 0.310 e. The van der Waals surface area contributed by atoms with Crippen molar-refractivity contribution in [3.63, 3.8) is 0 Å². The average molecular weight is 386 g/mol. The molecule has 0 aromatic heterocycles. The second-order valence-corrected chi connectivity index (χ2v) is 8.03. The highest BCUT2D eigenvalue weighted by Gasteiger charge is 2.39. The third-order valence-corrected chi connectivity index (χ3v) is 5.70. The molecule has 2 atom stereocenters. The molecule has 3 rings (SSSR count). The van der Waals surface area contributed by atoms with Gasteiger partial charge in [0.25, 0.3) is 0 Å². The molecule has 28 heavy (non-hydrogen) atoms.